The molecule has 0 aliphatic rings. The monoisotopic (exact) mass is 391 g/mol. The smallest absolute Gasteiger partial charge is 0.249 e. The van der Waals surface area contributed by atoms with Crippen molar-refractivity contribution in [2.75, 3.05) is 6.61 Å². The summed E-state index contributed by atoms with van der Waals surface area (Å²) in [6, 6.07) is 3.45. The van der Waals surface area contributed by atoms with Gasteiger partial charge in [-0.15, -0.1) is 0 Å². The first-order valence-electron chi connectivity index (χ1n) is 6.87. The highest BCUT2D eigenvalue weighted by molar-refractivity contribution is 9.10. The van der Waals surface area contributed by atoms with E-state index in [1.807, 2.05) is 0 Å². The van der Waals surface area contributed by atoms with Crippen LogP contribution in [0.15, 0.2) is 16.6 Å². The Balaban J connectivity index is 2.81. The van der Waals surface area contributed by atoms with E-state index in [1.165, 1.54) is 0 Å². The summed E-state index contributed by atoms with van der Waals surface area (Å²) < 4.78 is 6.76. The lowest BCUT2D eigenvalue weighted by Gasteiger charge is -2.36. The zero-order chi connectivity index (χ0) is 16.4. The van der Waals surface area contributed by atoms with Crippen LogP contribution < -0.4 is 5.73 Å². The molecule has 1 rings (SSSR count). The average Bonchev–Trinajstić information content (AvgIpc) is 2.29. The number of benzene rings is 1. The quantitative estimate of drug-likeness (QED) is 0.734. The molecule has 118 valence electrons. The Bertz CT molecular complexity index is 541. The standard InChI is InChI=1S/C15H23BrClNO2Si/c1-15(2,3)21(4,5)20-7-6-10-8-11(14(18)19)12(16)9-13(10)17/h8-9H,6-7H2,1-5H3,(H2,18,19). The minimum Gasteiger partial charge on any atom is -0.416 e. The van der Waals surface area contributed by atoms with Gasteiger partial charge in [0.05, 0.1) is 5.56 Å². The molecule has 0 unspecified atom stereocenters. The highest BCUT2D eigenvalue weighted by Gasteiger charge is 2.36. The molecule has 2 N–H and O–H groups in total. The molecular formula is C15H23BrClNO2Si. The van der Waals surface area contributed by atoms with E-state index in [0.717, 1.165) is 5.56 Å². The minimum atomic E-state index is -1.77. The third-order valence-electron chi connectivity index (χ3n) is 4.04. The van der Waals surface area contributed by atoms with Crippen LogP contribution in [0, 0.1) is 0 Å². The molecule has 0 spiro atoms. The number of halogens is 2. The van der Waals surface area contributed by atoms with Gasteiger partial charge in [0.2, 0.25) is 5.91 Å². The van der Waals surface area contributed by atoms with Crippen LogP contribution in [0.4, 0.5) is 0 Å². The van der Waals surface area contributed by atoms with Crippen molar-refractivity contribution in [3.63, 3.8) is 0 Å². The van der Waals surface area contributed by atoms with E-state index < -0.39 is 14.2 Å². The van der Waals surface area contributed by atoms with Crippen molar-refractivity contribution < 1.29 is 9.22 Å². The highest BCUT2D eigenvalue weighted by atomic mass is 79.9. The Morgan fingerprint density at radius 3 is 2.43 bits per heavy atom. The van der Waals surface area contributed by atoms with E-state index in [1.54, 1.807) is 12.1 Å². The lowest BCUT2D eigenvalue weighted by molar-refractivity contribution is 0.0999. The fraction of sp³-hybridized carbons (Fsp3) is 0.533. The van der Waals surface area contributed by atoms with Crippen molar-refractivity contribution in [1.82, 2.24) is 0 Å². The first-order chi connectivity index (χ1) is 9.45. The molecule has 3 nitrogen and oxygen atoms in total. The maximum absolute atomic E-state index is 11.4. The van der Waals surface area contributed by atoms with Crippen LogP contribution >= 0.6 is 27.5 Å². The summed E-state index contributed by atoms with van der Waals surface area (Å²) in [6.07, 6.45) is 0.666. The summed E-state index contributed by atoms with van der Waals surface area (Å²) in [5, 5.41) is 0.792. The van der Waals surface area contributed by atoms with E-state index in [9.17, 15) is 4.79 Å². The van der Waals surface area contributed by atoms with Gasteiger partial charge in [-0.2, -0.15) is 0 Å². The SMILES string of the molecule is CC(C)(C)[Si](C)(C)OCCc1cc(C(N)=O)c(Br)cc1Cl. The van der Waals surface area contributed by atoms with Crippen molar-refractivity contribution >= 4 is 41.8 Å². The largest absolute Gasteiger partial charge is 0.416 e. The molecule has 0 saturated carbocycles. The Hall–Kier alpha value is -0.363. The van der Waals surface area contributed by atoms with Gasteiger partial charge < -0.3 is 10.2 Å². The molecule has 1 amide bonds. The second-order valence-electron chi connectivity index (χ2n) is 6.65. The van der Waals surface area contributed by atoms with Crippen molar-refractivity contribution in [1.29, 1.82) is 0 Å². The molecule has 1 aromatic carbocycles. The third-order valence-corrected chi connectivity index (χ3v) is 9.59. The van der Waals surface area contributed by atoms with Crippen LogP contribution in [0.3, 0.4) is 0 Å². The Kier molecular flexibility index (Phi) is 6.06. The van der Waals surface area contributed by atoms with Gasteiger partial charge in [0.25, 0.3) is 0 Å². The first kappa shape index (κ1) is 18.7. The summed E-state index contributed by atoms with van der Waals surface area (Å²) in [7, 11) is -1.77. The molecular weight excluding hydrogens is 370 g/mol. The first-order valence-corrected chi connectivity index (χ1v) is 11.0. The predicted molar refractivity (Wildman–Crippen MR) is 94.5 cm³/mol. The lowest BCUT2D eigenvalue weighted by Crippen LogP contribution is -2.41. The number of amides is 1. The van der Waals surface area contributed by atoms with Gasteiger partial charge in [-0.3, -0.25) is 4.79 Å². The van der Waals surface area contributed by atoms with Gasteiger partial charge in [-0.1, -0.05) is 32.4 Å². The summed E-state index contributed by atoms with van der Waals surface area (Å²) in [6.45, 7) is 11.6. The predicted octanol–water partition coefficient (Wildman–Crippen LogP) is 4.77. The number of rotatable bonds is 5. The molecule has 0 radical (unpaired) electrons. The van der Waals surface area contributed by atoms with Crippen molar-refractivity contribution in [3.8, 4) is 0 Å². The van der Waals surface area contributed by atoms with E-state index in [2.05, 4.69) is 49.8 Å². The van der Waals surface area contributed by atoms with Gasteiger partial charge in [-0.25, -0.2) is 0 Å². The maximum Gasteiger partial charge on any atom is 0.249 e. The number of carbonyl (C=O) groups is 1. The lowest BCUT2D eigenvalue weighted by atomic mass is 10.1. The van der Waals surface area contributed by atoms with Crippen molar-refractivity contribution in [3.05, 3.63) is 32.8 Å². The summed E-state index contributed by atoms with van der Waals surface area (Å²) in [5.41, 5.74) is 6.68. The Morgan fingerprint density at radius 1 is 1.38 bits per heavy atom. The van der Waals surface area contributed by atoms with Gasteiger partial charge >= 0.3 is 0 Å². The molecule has 0 aromatic heterocycles. The summed E-state index contributed by atoms with van der Waals surface area (Å²) >= 11 is 9.52. The van der Waals surface area contributed by atoms with Crippen LogP contribution in [0.25, 0.3) is 0 Å². The highest BCUT2D eigenvalue weighted by Crippen LogP contribution is 2.36. The van der Waals surface area contributed by atoms with E-state index in [0.29, 0.717) is 28.1 Å². The molecule has 1 aromatic rings. The average molecular weight is 393 g/mol. The summed E-state index contributed by atoms with van der Waals surface area (Å²) in [4.78, 5) is 11.4. The normalized spacial score (nSPS) is 12.5. The molecule has 21 heavy (non-hydrogen) atoms. The third kappa shape index (κ3) is 4.81. The maximum atomic E-state index is 11.4. The van der Waals surface area contributed by atoms with Gasteiger partial charge in [0, 0.05) is 16.1 Å². The molecule has 0 aliphatic heterocycles. The zero-order valence-corrected chi connectivity index (χ0v) is 16.6. The second-order valence-corrected chi connectivity index (χ2v) is 12.7. The fourth-order valence-corrected chi connectivity index (χ4v) is 3.58. The fourth-order valence-electron chi connectivity index (χ4n) is 1.61. The number of carbonyl (C=O) groups excluding carboxylic acids is 1. The Labute approximate surface area is 141 Å². The summed E-state index contributed by atoms with van der Waals surface area (Å²) in [5.74, 6) is -0.467. The molecule has 0 atom stereocenters. The van der Waals surface area contributed by atoms with Gasteiger partial charge in [0.15, 0.2) is 8.32 Å². The van der Waals surface area contributed by atoms with Gasteiger partial charge in [-0.05, 0) is 58.2 Å². The van der Waals surface area contributed by atoms with E-state index in [4.69, 9.17) is 21.8 Å². The molecule has 6 heteroatoms. The molecule has 0 heterocycles. The van der Waals surface area contributed by atoms with Crippen molar-refractivity contribution in [2.24, 2.45) is 5.73 Å². The van der Waals surface area contributed by atoms with E-state index in [-0.39, 0.29) is 5.04 Å². The van der Waals surface area contributed by atoms with Crippen LogP contribution in [-0.2, 0) is 10.8 Å². The molecule has 0 fully saturated rings. The van der Waals surface area contributed by atoms with Crippen LogP contribution in [-0.4, -0.2) is 20.8 Å². The zero-order valence-electron chi connectivity index (χ0n) is 13.2. The molecule has 0 aliphatic carbocycles. The number of primary amides is 1. The number of hydrogen-bond donors (Lipinski definition) is 1. The molecule has 0 saturated heterocycles. The van der Waals surface area contributed by atoms with Crippen LogP contribution in [0.2, 0.25) is 23.2 Å². The molecule has 0 bridgehead atoms. The number of nitrogens with two attached hydrogens (primary N) is 1. The van der Waals surface area contributed by atoms with Crippen LogP contribution in [0.1, 0.15) is 36.7 Å². The minimum absolute atomic E-state index is 0.175. The second kappa shape index (κ2) is 6.81. The Morgan fingerprint density at radius 2 is 1.95 bits per heavy atom. The van der Waals surface area contributed by atoms with Crippen LogP contribution in [0.5, 0.6) is 0 Å². The van der Waals surface area contributed by atoms with Crippen molar-refractivity contribution in [2.45, 2.75) is 45.3 Å². The van der Waals surface area contributed by atoms with E-state index >= 15 is 0 Å². The van der Waals surface area contributed by atoms with Gasteiger partial charge in [0.1, 0.15) is 0 Å². The topological polar surface area (TPSA) is 52.3 Å². The number of hydrogen-bond acceptors (Lipinski definition) is 2.